The second-order valence-corrected chi connectivity index (χ2v) is 6.99. The average molecular weight is 429 g/mol. The van der Waals surface area contributed by atoms with Crippen LogP contribution in [0.4, 0.5) is 17.2 Å². The van der Waals surface area contributed by atoms with Gasteiger partial charge >= 0.3 is 5.69 Å². The van der Waals surface area contributed by atoms with Crippen LogP contribution in [0.15, 0.2) is 39.9 Å². The molecule has 0 bridgehead atoms. The summed E-state index contributed by atoms with van der Waals surface area (Å²) in [7, 11) is 0. The minimum absolute atomic E-state index is 0.0780. The first-order valence-corrected chi connectivity index (χ1v) is 10.2. The van der Waals surface area contributed by atoms with Gasteiger partial charge in [-0.15, -0.1) is 0 Å². The number of amides is 1. The predicted octanol–water partition coefficient (Wildman–Crippen LogP) is 2.67. The van der Waals surface area contributed by atoms with Crippen molar-refractivity contribution < 1.29 is 9.72 Å². The molecule has 0 atom stereocenters. The van der Waals surface area contributed by atoms with Crippen molar-refractivity contribution in [1.82, 2.24) is 9.55 Å². The van der Waals surface area contributed by atoms with Crippen molar-refractivity contribution in [2.75, 3.05) is 17.2 Å². The maximum Gasteiger partial charge on any atom is 0.330 e. The minimum atomic E-state index is -0.751. The summed E-state index contributed by atoms with van der Waals surface area (Å²) in [6, 6.07) is 6.01. The van der Waals surface area contributed by atoms with Crippen LogP contribution in [-0.4, -0.2) is 26.9 Å². The smallest absolute Gasteiger partial charge is 0.330 e. The number of nitrogen functional groups attached to an aromatic ring is 1. The number of nitrogens with zero attached hydrogens (tertiary/aromatic N) is 3. The number of nitrogens with one attached hydrogen (secondary N) is 1. The fraction of sp³-hybridized carbons (Fsp3) is 0.381. The number of nitro benzene ring substituents is 1. The molecule has 0 aliphatic rings. The molecule has 3 N–H and O–H groups in total. The molecule has 10 nitrogen and oxygen atoms in total. The normalized spacial score (nSPS) is 11.0. The molecule has 166 valence electrons. The highest BCUT2D eigenvalue weighted by molar-refractivity contribution is 6.05. The Morgan fingerprint density at radius 2 is 1.90 bits per heavy atom. The molecule has 0 aliphatic heterocycles. The molecule has 31 heavy (non-hydrogen) atoms. The molecule has 1 aromatic heterocycles. The van der Waals surface area contributed by atoms with E-state index in [0.29, 0.717) is 19.4 Å². The summed E-state index contributed by atoms with van der Waals surface area (Å²) in [5.41, 5.74) is 4.78. The van der Waals surface area contributed by atoms with Crippen LogP contribution < -0.4 is 21.9 Å². The number of carbonyl (C=O) groups is 1. The third kappa shape index (κ3) is 5.68. The Labute approximate surface area is 179 Å². The summed E-state index contributed by atoms with van der Waals surface area (Å²) < 4.78 is 1.25. The molecule has 10 heteroatoms. The van der Waals surface area contributed by atoms with E-state index in [0.717, 1.165) is 12.8 Å². The highest BCUT2D eigenvalue weighted by Gasteiger charge is 2.22. The number of hydrogen-bond donors (Lipinski definition) is 2. The maximum atomic E-state index is 13.0. The molecule has 0 spiro atoms. The zero-order valence-electron chi connectivity index (χ0n) is 17.7. The lowest BCUT2D eigenvalue weighted by atomic mass is 10.1. The van der Waals surface area contributed by atoms with Crippen LogP contribution >= 0.6 is 0 Å². The van der Waals surface area contributed by atoms with E-state index in [1.807, 2.05) is 13.8 Å². The van der Waals surface area contributed by atoms with Gasteiger partial charge in [0, 0.05) is 25.2 Å². The zero-order valence-corrected chi connectivity index (χ0v) is 17.7. The first kappa shape index (κ1) is 23.6. The van der Waals surface area contributed by atoms with Gasteiger partial charge in [0.25, 0.3) is 17.2 Å². The molecular formula is C21H27N5O5. The van der Waals surface area contributed by atoms with Gasteiger partial charge in [-0.05, 0) is 25.0 Å². The van der Waals surface area contributed by atoms with Crippen molar-refractivity contribution in [3.05, 3.63) is 66.9 Å². The Bertz CT molecular complexity index is 1090. The van der Waals surface area contributed by atoms with Crippen LogP contribution in [-0.2, 0) is 11.3 Å². The molecule has 0 aliphatic carbocycles. The van der Waals surface area contributed by atoms with Crippen LogP contribution in [0.1, 0.15) is 45.1 Å². The van der Waals surface area contributed by atoms with Crippen LogP contribution in [0.25, 0.3) is 6.08 Å². The maximum absolute atomic E-state index is 13.0. The van der Waals surface area contributed by atoms with E-state index >= 15 is 0 Å². The summed E-state index contributed by atoms with van der Waals surface area (Å²) >= 11 is 0. The lowest BCUT2D eigenvalue weighted by Gasteiger charge is -2.23. The van der Waals surface area contributed by atoms with Gasteiger partial charge in [0.15, 0.2) is 5.69 Å². The van der Waals surface area contributed by atoms with Crippen molar-refractivity contribution >= 4 is 29.2 Å². The van der Waals surface area contributed by atoms with Crippen LogP contribution in [0.2, 0.25) is 0 Å². The average Bonchev–Trinajstić information content (AvgIpc) is 2.74. The van der Waals surface area contributed by atoms with Gasteiger partial charge in [0.2, 0.25) is 0 Å². The molecule has 0 unspecified atom stereocenters. The van der Waals surface area contributed by atoms with Crippen molar-refractivity contribution in [1.29, 1.82) is 0 Å². The summed E-state index contributed by atoms with van der Waals surface area (Å²) in [6.45, 7) is 4.41. The number of hydrogen-bond acceptors (Lipinski definition) is 6. The van der Waals surface area contributed by atoms with Crippen molar-refractivity contribution in [2.45, 2.75) is 46.1 Å². The second kappa shape index (κ2) is 10.9. The third-order valence-electron chi connectivity index (χ3n) is 4.76. The summed E-state index contributed by atoms with van der Waals surface area (Å²) in [4.78, 5) is 51.8. The molecule has 0 saturated carbocycles. The number of H-pyrrole nitrogens is 1. The van der Waals surface area contributed by atoms with E-state index in [9.17, 15) is 24.5 Å². The minimum Gasteiger partial charge on any atom is -0.383 e. The molecule has 2 aromatic rings. The number of para-hydroxylation sites is 1. The highest BCUT2D eigenvalue weighted by Crippen LogP contribution is 2.21. The van der Waals surface area contributed by atoms with Gasteiger partial charge in [-0.3, -0.25) is 29.3 Å². The van der Waals surface area contributed by atoms with Crippen molar-refractivity contribution in [3.63, 3.8) is 0 Å². The molecule has 1 amide bonds. The Hall–Kier alpha value is -3.69. The quantitative estimate of drug-likeness (QED) is 0.337. The predicted molar refractivity (Wildman–Crippen MR) is 120 cm³/mol. The third-order valence-corrected chi connectivity index (χ3v) is 4.76. The number of carbonyl (C=O) groups excluding carboxylic acids is 1. The van der Waals surface area contributed by atoms with Gasteiger partial charge in [-0.1, -0.05) is 38.8 Å². The molecule has 2 rings (SSSR count). The van der Waals surface area contributed by atoms with Gasteiger partial charge < -0.3 is 10.6 Å². The van der Waals surface area contributed by atoms with Gasteiger partial charge in [0.05, 0.1) is 10.5 Å². The van der Waals surface area contributed by atoms with E-state index < -0.39 is 22.1 Å². The number of nitrogens with two attached hydrogens (primary N) is 1. The Balaban J connectivity index is 2.49. The lowest BCUT2D eigenvalue weighted by Crippen LogP contribution is -2.41. The lowest BCUT2D eigenvalue weighted by molar-refractivity contribution is -0.385. The largest absolute Gasteiger partial charge is 0.383 e. The van der Waals surface area contributed by atoms with Gasteiger partial charge in [0.1, 0.15) is 5.82 Å². The molecule has 0 saturated heterocycles. The number of nitro groups is 1. The van der Waals surface area contributed by atoms with Crippen molar-refractivity contribution in [2.24, 2.45) is 0 Å². The summed E-state index contributed by atoms with van der Waals surface area (Å²) in [6.07, 6.45) is 5.34. The van der Waals surface area contributed by atoms with Crippen LogP contribution in [0.5, 0.6) is 0 Å². The summed E-state index contributed by atoms with van der Waals surface area (Å²) in [5.74, 6) is -0.643. The van der Waals surface area contributed by atoms with Gasteiger partial charge in [-0.25, -0.2) is 4.79 Å². The number of benzene rings is 1. The topological polar surface area (TPSA) is 144 Å². The number of aromatic nitrogens is 2. The highest BCUT2D eigenvalue weighted by atomic mass is 16.6. The number of aromatic amines is 1. The second-order valence-electron chi connectivity index (χ2n) is 6.99. The molecule has 1 aromatic carbocycles. The van der Waals surface area contributed by atoms with Gasteiger partial charge in [-0.2, -0.15) is 0 Å². The molecule has 1 heterocycles. The zero-order chi connectivity index (χ0) is 23.0. The molecule has 0 radical (unpaired) electrons. The molecule has 0 fully saturated rings. The SMILES string of the molecule is CCCCN(C(=O)/C=C/c1ccccc1[N+](=O)[O-])c1c(N)n(CCCC)c(=O)[nH]c1=O. The first-order valence-electron chi connectivity index (χ1n) is 10.2. The van der Waals surface area contributed by atoms with E-state index in [4.69, 9.17) is 5.73 Å². The number of unbranched alkanes of at least 4 members (excludes halogenated alkanes) is 2. The van der Waals surface area contributed by atoms with E-state index in [-0.39, 0.29) is 29.3 Å². The van der Waals surface area contributed by atoms with Crippen LogP contribution in [0.3, 0.4) is 0 Å². The fourth-order valence-corrected chi connectivity index (χ4v) is 3.07. The molecular weight excluding hydrogens is 402 g/mol. The Morgan fingerprint density at radius 3 is 2.55 bits per heavy atom. The Morgan fingerprint density at radius 1 is 1.23 bits per heavy atom. The van der Waals surface area contributed by atoms with E-state index in [1.165, 1.54) is 39.8 Å². The van der Waals surface area contributed by atoms with Crippen molar-refractivity contribution in [3.8, 4) is 0 Å². The summed E-state index contributed by atoms with van der Waals surface area (Å²) in [5, 5.41) is 11.2. The van der Waals surface area contributed by atoms with E-state index in [1.54, 1.807) is 6.07 Å². The number of anilines is 2. The first-order chi connectivity index (χ1) is 14.8. The standard InChI is InChI=1S/C21H27N5O5/c1-3-5-13-24(17(27)12-11-15-9-7-8-10-16(15)26(30)31)18-19(22)25(14-6-4-2)21(29)23-20(18)28/h7-12H,3-6,13-14,22H2,1-2H3,(H,23,28,29)/b12-11+. The number of rotatable bonds is 10. The monoisotopic (exact) mass is 429 g/mol. The van der Waals surface area contributed by atoms with E-state index in [2.05, 4.69) is 4.98 Å². The van der Waals surface area contributed by atoms with Crippen LogP contribution in [0, 0.1) is 10.1 Å². The fourth-order valence-electron chi connectivity index (χ4n) is 3.07. The Kier molecular flexibility index (Phi) is 8.30.